The third-order valence-electron chi connectivity index (χ3n) is 6.88. The lowest BCUT2D eigenvalue weighted by atomic mass is 9.67. The highest BCUT2D eigenvalue weighted by Gasteiger charge is 2.55. The minimum Gasteiger partial charge on any atom is -0.460 e. The van der Waals surface area contributed by atoms with Crippen molar-refractivity contribution in [3.8, 4) is 0 Å². The van der Waals surface area contributed by atoms with Crippen molar-refractivity contribution in [2.75, 3.05) is 0 Å². The molecule has 6 nitrogen and oxygen atoms in total. The van der Waals surface area contributed by atoms with E-state index < -0.39 is 40.4 Å². The van der Waals surface area contributed by atoms with Crippen molar-refractivity contribution < 1.29 is 19.1 Å². The van der Waals surface area contributed by atoms with Crippen molar-refractivity contribution in [2.45, 2.75) is 62.6 Å². The number of amides is 2. The maximum Gasteiger partial charge on any atom is 0.309 e. The summed E-state index contributed by atoms with van der Waals surface area (Å²) in [6, 6.07) is 25.8. The Kier molecular flexibility index (Phi) is 9.22. The van der Waals surface area contributed by atoms with Gasteiger partial charge in [0.2, 0.25) is 11.8 Å². The normalized spacial score (nSPS) is 19.3. The van der Waals surface area contributed by atoms with Crippen LogP contribution in [0.2, 0.25) is 5.02 Å². The van der Waals surface area contributed by atoms with Crippen molar-refractivity contribution in [2.24, 2.45) is 5.92 Å². The molecule has 0 radical (unpaired) electrons. The van der Waals surface area contributed by atoms with Gasteiger partial charge in [0.15, 0.2) is 0 Å². The van der Waals surface area contributed by atoms with Crippen LogP contribution in [0, 0.1) is 5.92 Å². The second kappa shape index (κ2) is 12.4. The van der Waals surface area contributed by atoms with Gasteiger partial charge in [0.05, 0.1) is 12.0 Å². The Morgan fingerprint density at radius 2 is 1.43 bits per heavy atom. The van der Waals surface area contributed by atoms with E-state index >= 15 is 0 Å². The number of hydrogen-bond donors (Lipinski definition) is 2. The molecular formula is C32H34Cl2N2O4. The molecule has 2 N–H and O–H groups in total. The van der Waals surface area contributed by atoms with Crippen LogP contribution >= 0.6 is 23.2 Å². The van der Waals surface area contributed by atoms with E-state index in [0.29, 0.717) is 5.02 Å². The van der Waals surface area contributed by atoms with Crippen LogP contribution in [0.4, 0.5) is 0 Å². The van der Waals surface area contributed by atoms with Gasteiger partial charge < -0.3 is 15.4 Å². The van der Waals surface area contributed by atoms with E-state index in [1.54, 1.807) is 45.0 Å². The maximum atomic E-state index is 14.0. The average Bonchev–Trinajstić information content (AvgIpc) is 2.90. The van der Waals surface area contributed by atoms with E-state index in [9.17, 15) is 14.4 Å². The van der Waals surface area contributed by atoms with E-state index in [4.69, 9.17) is 27.9 Å². The number of benzene rings is 3. The first-order chi connectivity index (χ1) is 19.0. The molecule has 0 heterocycles. The number of carbonyl (C=O) groups is 3. The van der Waals surface area contributed by atoms with E-state index in [0.717, 1.165) is 16.7 Å². The van der Waals surface area contributed by atoms with Crippen LogP contribution in [-0.4, -0.2) is 34.3 Å². The largest absolute Gasteiger partial charge is 0.460 e. The number of rotatable bonds is 9. The SMILES string of the molecule is CC(C)(C)OC(=O)C1CC(NC(=O)C(Cl)Cc2ccc(Cl)cc2)(C(=O)NC(c2ccccc2)c2ccccc2)C1. The molecule has 1 aliphatic rings. The number of halogens is 2. The number of hydrogen-bond acceptors (Lipinski definition) is 4. The average molecular weight is 582 g/mol. The molecule has 4 rings (SSSR count). The fourth-order valence-corrected chi connectivity index (χ4v) is 5.19. The standard InChI is InChI=1S/C32H34Cl2N2O4/c1-31(2,3)40-29(38)24-19-32(20-24,36-28(37)26(34)18-21-14-16-25(33)17-15-21)30(39)35-27(22-10-6-4-7-11-22)23-12-8-5-9-13-23/h4-17,24,26-27H,18-20H2,1-3H3,(H,35,39)(H,36,37). The number of ether oxygens (including phenoxy) is 1. The van der Waals surface area contributed by atoms with Gasteiger partial charge in [-0.2, -0.15) is 0 Å². The van der Waals surface area contributed by atoms with Gasteiger partial charge >= 0.3 is 5.97 Å². The zero-order valence-electron chi connectivity index (χ0n) is 22.8. The second-order valence-electron chi connectivity index (χ2n) is 11.2. The van der Waals surface area contributed by atoms with Crippen LogP contribution in [0.3, 0.4) is 0 Å². The summed E-state index contributed by atoms with van der Waals surface area (Å²) >= 11 is 12.5. The zero-order valence-corrected chi connectivity index (χ0v) is 24.3. The molecule has 0 saturated heterocycles. The van der Waals surface area contributed by atoms with Crippen LogP contribution in [0.5, 0.6) is 0 Å². The van der Waals surface area contributed by atoms with Gasteiger partial charge in [0, 0.05) is 5.02 Å². The maximum absolute atomic E-state index is 14.0. The summed E-state index contributed by atoms with van der Waals surface area (Å²) in [5.74, 6) is -1.78. The first-order valence-electron chi connectivity index (χ1n) is 13.3. The van der Waals surface area contributed by atoms with Gasteiger partial charge in [-0.05, 0) is 68.9 Å². The lowest BCUT2D eigenvalue weighted by Gasteiger charge is -2.46. The molecule has 1 aliphatic carbocycles. The number of alkyl halides is 1. The van der Waals surface area contributed by atoms with E-state index in [-0.39, 0.29) is 25.2 Å². The van der Waals surface area contributed by atoms with Gasteiger partial charge in [-0.1, -0.05) is 84.4 Å². The third-order valence-corrected chi connectivity index (χ3v) is 7.49. The summed E-state index contributed by atoms with van der Waals surface area (Å²) in [6.07, 6.45) is 0.481. The summed E-state index contributed by atoms with van der Waals surface area (Å²) in [5.41, 5.74) is 0.653. The molecule has 40 heavy (non-hydrogen) atoms. The summed E-state index contributed by atoms with van der Waals surface area (Å²) in [5, 5.41) is 5.70. The van der Waals surface area contributed by atoms with Crippen molar-refractivity contribution in [1.29, 1.82) is 0 Å². The second-order valence-corrected chi connectivity index (χ2v) is 12.2. The Labute approximate surface area is 245 Å². The van der Waals surface area contributed by atoms with Crippen LogP contribution in [0.25, 0.3) is 0 Å². The molecule has 1 unspecified atom stereocenters. The Hall–Kier alpha value is -3.35. The first-order valence-corrected chi connectivity index (χ1v) is 14.1. The predicted molar refractivity (Wildman–Crippen MR) is 157 cm³/mol. The van der Waals surface area contributed by atoms with Crippen molar-refractivity contribution in [3.05, 3.63) is 107 Å². The minimum atomic E-state index is -1.31. The highest BCUT2D eigenvalue weighted by molar-refractivity contribution is 6.31. The third kappa shape index (κ3) is 7.43. The Morgan fingerprint density at radius 1 is 0.900 bits per heavy atom. The smallest absolute Gasteiger partial charge is 0.309 e. The van der Waals surface area contributed by atoms with Gasteiger partial charge in [0.25, 0.3) is 0 Å². The molecule has 0 aromatic heterocycles. The monoisotopic (exact) mass is 580 g/mol. The van der Waals surface area contributed by atoms with E-state index in [2.05, 4.69) is 10.6 Å². The van der Waals surface area contributed by atoms with Crippen LogP contribution in [-0.2, 0) is 25.5 Å². The molecule has 0 aliphatic heterocycles. The molecule has 1 atom stereocenters. The van der Waals surface area contributed by atoms with Crippen LogP contribution in [0.1, 0.15) is 56.3 Å². The highest BCUT2D eigenvalue weighted by Crippen LogP contribution is 2.41. The zero-order chi connectivity index (χ0) is 28.9. The summed E-state index contributed by atoms with van der Waals surface area (Å²) < 4.78 is 5.56. The highest BCUT2D eigenvalue weighted by atomic mass is 35.5. The number of esters is 1. The number of carbonyl (C=O) groups excluding carboxylic acids is 3. The Morgan fingerprint density at radius 3 is 1.93 bits per heavy atom. The molecule has 2 amide bonds. The molecular weight excluding hydrogens is 547 g/mol. The quantitative estimate of drug-likeness (QED) is 0.240. The lowest BCUT2D eigenvalue weighted by Crippen LogP contribution is -2.68. The summed E-state index contributed by atoms with van der Waals surface area (Å²) in [7, 11) is 0. The predicted octanol–water partition coefficient (Wildman–Crippen LogP) is 6.00. The van der Waals surface area contributed by atoms with Gasteiger partial charge in [-0.15, -0.1) is 11.6 Å². The lowest BCUT2D eigenvalue weighted by molar-refractivity contribution is -0.168. The fourth-order valence-electron chi connectivity index (χ4n) is 4.83. The summed E-state index contributed by atoms with van der Waals surface area (Å²) in [6.45, 7) is 5.39. The van der Waals surface area contributed by atoms with Gasteiger partial charge in [-0.25, -0.2) is 0 Å². The Balaban J connectivity index is 1.56. The molecule has 3 aromatic rings. The molecule has 1 saturated carbocycles. The van der Waals surface area contributed by atoms with Crippen molar-refractivity contribution >= 4 is 41.0 Å². The topological polar surface area (TPSA) is 84.5 Å². The van der Waals surface area contributed by atoms with Gasteiger partial charge in [0.1, 0.15) is 16.5 Å². The van der Waals surface area contributed by atoms with E-state index in [1.165, 1.54) is 0 Å². The molecule has 3 aromatic carbocycles. The molecule has 210 valence electrons. The fraction of sp³-hybridized carbons (Fsp3) is 0.344. The Bertz CT molecular complexity index is 1280. The molecule has 8 heteroatoms. The minimum absolute atomic E-state index is 0.111. The van der Waals surface area contributed by atoms with Crippen molar-refractivity contribution in [1.82, 2.24) is 10.6 Å². The van der Waals surface area contributed by atoms with Crippen LogP contribution < -0.4 is 10.6 Å². The molecule has 0 bridgehead atoms. The summed E-state index contributed by atoms with van der Waals surface area (Å²) in [4.78, 5) is 40.1. The number of nitrogens with one attached hydrogen (secondary N) is 2. The molecule has 1 fully saturated rings. The van der Waals surface area contributed by atoms with Crippen molar-refractivity contribution in [3.63, 3.8) is 0 Å². The van der Waals surface area contributed by atoms with Crippen LogP contribution in [0.15, 0.2) is 84.9 Å². The molecule has 0 spiro atoms. The van der Waals surface area contributed by atoms with E-state index in [1.807, 2.05) is 60.7 Å². The van der Waals surface area contributed by atoms with Gasteiger partial charge in [-0.3, -0.25) is 14.4 Å². The first kappa shape index (κ1) is 29.6.